The van der Waals surface area contributed by atoms with Crippen molar-refractivity contribution in [2.24, 2.45) is 4.99 Å². The molecule has 0 radical (unpaired) electrons. The number of ether oxygens (including phenoxy) is 2. The maximum atomic E-state index is 6.14. The molecule has 0 atom stereocenters. The summed E-state index contributed by atoms with van der Waals surface area (Å²) in [5.74, 6) is 1.43. The third-order valence-electron chi connectivity index (χ3n) is 3.20. The summed E-state index contributed by atoms with van der Waals surface area (Å²) in [6.07, 6.45) is 3.51. The average Bonchev–Trinajstić information content (AvgIpc) is 2.55. The van der Waals surface area contributed by atoms with E-state index in [0.717, 1.165) is 26.1 Å². The topological polar surface area (TPSA) is 30.8 Å². The number of rotatable bonds is 7. The second-order valence-electron chi connectivity index (χ2n) is 5.05. The van der Waals surface area contributed by atoms with E-state index >= 15 is 0 Å². The van der Waals surface area contributed by atoms with Crippen LogP contribution >= 0.6 is 34.2 Å². The molecule has 3 nitrogen and oxygen atoms in total. The van der Waals surface area contributed by atoms with Gasteiger partial charge in [-0.15, -0.1) is 0 Å². The van der Waals surface area contributed by atoms with E-state index in [1.54, 1.807) is 12.3 Å². The van der Waals surface area contributed by atoms with Crippen LogP contribution < -0.4 is 9.47 Å². The van der Waals surface area contributed by atoms with Gasteiger partial charge in [0.15, 0.2) is 11.5 Å². The Hall–Kier alpha value is -1.53. The number of halogens is 2. The fourth-order valence-electron chi connectivity index (χ4n) is 2.02. The summed E-state index contributed by atoms with van der Waals surface area (Å²) in [6.45, 7) is 8.59. The molecule has 0 fully saturated rings. The molecule has 2 rings (SSSR count). The average molecular weight is 456 g/mol. The first-order chi connectivity index (χ1) is 11.5. The molecule has 0 saturated heterocycles. The Labute approximate surface area is 161 Å². The van der Waals surface area contributed by atoms with E-state index in [0.29, 0.717) is 24.0 Å². The predicted octanol–water partition coefficient (Wildman–Crippen LogP) is 5.97. The van der Waals surface area contributed by atoms with Crippen LogP contribution in [0.2, 0.25) is 5.02 Å². The maximum absolute atomic E-state index is 6.14. The van der Waals surface area contributed by atoms with Gasteiger partial charge in [0.05, 0.1) is 15.9 Å². The van der Waals surface area contributed by atoms with Gasteiger partial charge in [-0.25, -0.2) is 0 Å². The highest BCUT2D eigenvalue weighted by Crippen LogP contribution is 2.34. The Bertz CT molecular complexity index is 759. The summed E-state index contributed by atoms with van der Waals surface area (Å²) in [5, 5.41) is 0.711. The maximum Gasteiger partial charge on any atom is 0.174 e. The van der Waals surface area contributed by atoms with Crippen molar-refractivity contribution >= 4 is 46.1 Å². The third kappa shape index (κ3) is 4.98. The molecule has 0 aliphatic carbocycles. The standard InChI is InChI=1S/C19H19ClINO2/c1-4-8-24-19-17(21)9-14(10-18(19)23-5-2)12-22-15-7-6-13(3)16(20)11-15/h4,6-7,9-12H,1,5,8H2,2-3H3. The molecule has 0 saturated carbocycles. The lowest BCUT2D eigenvalue weighted by atomic mass is 10.2. The number of hydrogen-bond acceptors (Lipinski definition) is 3. The van der Waals surface area contributed by atoms with E-state index in [-0.39, 0.29) is 0 Å². The molecule has 126 valence electrons. The fraction of sp³-hybridized carbons (Fsp3) is 0.211. The molecule has 0 bridgehead atoms. The van der Waals surface area contributed by atoms with Gasteiger partial charge in [0.1, 0.15) is 6.61 Å². The zero-order valence-electron chi connectivity index (χ0n) is 13.7. The quantitative estimate of drug-likeness (QED) is 0.293. The van der Waals surface area contributed by atoms with Crippen LogP contribution in [0.4, 0.5) is 5.69 Å². The van der Waals surface area contributed by atoms with Crippen molar-refractivity contribution < 1.29 is 9.47 Å². The highest BCUT2D eigenvalue weighted by Gasteiger charge is 2.11. The van der Waals surface area contributed by atoms with E-state index in [4.69, 9.17) is 21.1 Å². The Morgan fingerprint density at radius 2 is 2.04 bits per heavy atom. The van der Waals surface area contributed by atoms with Crippen molar-refractivity contribution in [3.63, 3.8) is 0 Å². The van der Waals surface area contributed by atoms with E-state index < -0.39 is 0 Å². The second kappa shape index (κ2) is 9.08. The zero-order chi connectivity index (χ0) is 17.5. The molecule has 0 N–H and O–H groups in total. The molecule has 24 heavy (non-hydrogen) atoms. The van der Waals surface area contributed by atoms with Crippen molar-refractivity contribution in [2.45, 2.75) is 13.8 Å². The molecule has 0 aromatic heterocycles. The van der Waals surface area contributed by atoms with E-state index in [9.17, 15) is 0 Å². The third-order valence-corrected chi connectivity index (χ3v) is 4.40. The molecular weight excluding hydrogens is 437 g/mol. The van der Waals surface area contributed by atoms with Crippen LogP contribution in [0.5, 0.6) is 11.5 Å². The minimum atomic E-state index is 0.436. The molecule has 0 spiro atoms. The molecule has 2 aromatic carbocycles. The summed E-state index contributed by atoms with van der Waals surface area (Å²) in [7, 11) is 0. The van der Waals surface area contributed by atoms with Gasteiger partial charge in [0, 0.05) is 11.2 Å². The van der Waals surface area contributed by atoms with Crippen molar-refractivity contribution in [1.82, 2.24) is 0 Å². The molecule has 0 aliphatic rings. The van der Waals surface area contributed by atoms with Gasteiger partial charge in [0.25, 0.3) is 0 Å². The fourth-order valence-corrected chi connectivity index (χ4v) is 2.97. The lowest BCUT2D eigenvalue weighted by Crippen LogP contribution is -2.02. The van der Waals surface area contributed by atoms with E-state index in [1.807, 2.05) is 44.2 Å². The number of aliphatic imine (C=N–C) groups is 1. The van der Waals surface area contributed by atoms with Gasteiger partial charge >= 0.3 is 0 Å². The Kier molecular flexibility index (Phi) is 7.12. The van der Waals surface area contributed by atoms with Crippen LogP contribution in [0.3, 0.4) is 0 Å². The first kappa shape index (κ1) is 18.8. The van der Waals surface area contributed by atoms with Crippen molar-refractivity contribution in [2.75, 3.05) is 13.2 Å². The van der Waals surface area contributed by atoms with Crippen LogP contribution in [-0.4, -0.2) is 19.4 Å². The lowest BCUT2D eigenvalue weighted by molar-refractivity contribution is 0.295. The van der Waals surface area contributed by atoms with E-state index in [1.165, 1.54) is 0 Å². The van der Waals surface area contributed by atoms with Gasteiger partial charge in [-0.05, 0) is 71.8 Å². The van der Waals surface area contributed by atoms with Crippen molar-refractivity contribution in [3.8, 4) is 11.5 Å². The van der Waals surface area contributed by atoms with Gasteiger partial charge in [-0.2, -0.15) is 0 Å². The van der Waals surface area contributed by atoms with Crippen LogP contribution in [0.15, 0.2) is 48.0 Å². The first-order valence-electron chi connectivity index (χ1n) is 7.55. The molecule has 5 heteroatoms. The number of benzene rings is 2. The summed E-state index contributed by atoms with van der Waals surface area (Å²) in [6, 6.07) is 9.66. The lowest BCUT2D eigenvalue weighted by Gasteiger charge is -2.13. The summed E-state index contributed by atoms with van der Waals surface area (Å²) in [5.41, 5.74) is 2.78. The van der Waals surface area contributed by atoms with Crippen LogP contribution in [0.1, 0.15) is 18.1 Å². The van der Waals surface area contributed by atoms with Crippen molar-refractivity contribution in [1.29, 1.82) is 0 Å². The monoisotopic (exact) mass is 455 g/mol. The Balaban J connectivity index is 2.30. The summed E-state index contributed by atoms with van der Waals surface area (Å²) >= 11 is 8.37. The Morgan fingerprint density at radius 3 is 2.71 bits per heavy atom. The van der Waals surface area contributed by atoms with Gasteiger partial charge < -0.3 is 9.47 Å². The minimum absolute atomic E-state index is 0.436. The number of hydrogen-bond donors (Lipinski definition) is 0. The highest BCUT2D eigenvalue weighted by molar-refractivity contribution is 14.1. The molecular formula is C19H19ClINO2. The number of aryl methyl sites for hydroxylation is 1. The summed E-state index contributed by atoms with van der Waals surface area (Å²) < 4.78 is 12.4. The zero-order valence-corrected chi connectivity index (χ0v) is 16.6. The SMILES string of the molecule is C=CCOc1c(I)cc(C=Nc2ccc(C)c(Cl)c2)cc1OCC. The first-order valence-corrected chi connectivity index (χ1v) is 9.01. The molecule has 0 aliphatic heterocycles. The smallest absolute Gasteiger partial charge is 0.174 e. The highest BCUT2D eigenvalue weighted by atomic mass is 127. The van der Waals surface area contributed by atoms with Gasteiger partial charge in [-0.3, -0.25) is 4.99 Å². The summed E-state index contributed by atoms with van der Waals surface area (Å²) in [4.78, 5) is 4.49. The predicted molar refractivity (Wildman–Crippen MR) is 109 cm³/mol. The Morgan fingerprint density at radius 1 is 1.25 bits per heavy atom. The van der Waals surface area contributed by atoms with Gasteiger partial charge in [0.2, 0.25) is 0 Å². The van der Waals surface area contributed by atoms with Crippen LogP contribution in [0, 0.1) is 10.5 Å². The largest absolute Gasteiger partial charge is 0.490 e. The van der Waals surface area contributed by atoms with Gasteiger partial charge in [-0.1, -0.05) is 30.3 Å². The van der Waals surface area contributed by atoms with Crippen LogP contribution in [-0.2, 0) is 0 Å². The minimum Gasteiger partial charge on any atom is -0.490 e. The number of nitrogens with zero attached hydrogens (tertiary/aromatic N) is 1. The van der Waals surface area contributed by atoms with Crippen LogP contribution in [0.25, 0.3) is 0 Å². The normalized spacial score (nSPS) is 10.8. The molecule has 0 unspecified atom stereocenters. The molecule has 0 amide bonds. The molecule has 0 heterocycles. The molecule has 2 aromatic rings. The second-order valence-corrected chi connectivity index (χ2v) is 6.62. The van der Waals surface area contributed by atoms with Crippen molar-refractivity contribution in [3.05, 3.63) is 62.7 Å². The van der Waals surface area contributed by atoms with E-state index in [2.05, 4.69) is 34.2 Å².